The Labute approximate surface area is 431 Å². The molecule has 9 rings (SSSR count). The number of carbonyl (C=O) groups excluding carboxylic acids is 2. The Morgan fingerprint density at radius 2 is 1.03 bits per heavy atom. The van der Waals surface area contributed by atoms with Crippen LogP contribution in [0.2, 0.25) is 30.1 Å². The number of amides is 2. The van der Waals surface area contributed by atoms with Gasteiger partial charge in [0.25, 0.3) is 11.8 Å². The van der Waals surface area contributed by atoms with Crippen molar-refractivity contribution in [1.29, 1.82) is 0 Å². The number of rotatable bonds is 12. The average Bonchev–Trinajstić information content (AvgIpc) is 3.95. The van der Waals surface area contributed by atoms with Crippen molar-refractivity contribution in [3.63, 3.8) is 0 Å². The maximum Gasteiger partial charge on any atom is 0.273 e. The van der Waals surface area contributed by atoms with E-state index in [1.165, 1.54) is 0 Å². The summed E-state index contributed by atoms with van der Waals surface area (Å²) in [4.78, 5) is 40.8. The van der Waals surface area contributed by atoms with E-state index in [-0.39, 0.29) is 17.7 Å². The van der Waals surface area contributed by atoms with Gasteiger partial charge in [0.1, 0.15) is 22.5 Å². The Bertz CT molecular complexity index is 3270. The van der Waals surface area contributed by atoms with Gasteiger partial charge in [-0.2, -0.15) is 20.2 Å². The Balaban J connectivity index is 1.08. The third-order valence-electron chi connectivity index (χ3n) is 12.9. The topological polar surface area (TPSA) is 101 Å². The highest BCUT2D eigenvalue weighted by atomic mass is 35.5. The monoisotopic (exact) mass is 1040 g/mol. The summed E-state index contributed by atoms with van der Waals surface area (Å²) in [7, 11) is 0. The lowest BCUT2D eigenvalue weighted by Gasteiger charge is -2.34. The van der Waals surface area contributed by atoms with Crippen LogP contribution in [0.5, 0.6) is 0 Å². The molecule has 2 aromatic heterocycles. The number of amidine groups is 2. The summed E-state index contributed by atoms with van der Waals surface area (Å²) in [5.41, 5.74) is 7.02. The van der Waals surface area contributed by atoms with Crippen molar-refractivity contribution >= 4 is 93.1 Å². The molecule has 0 spiro atoms. The predicted molar refractivity (Wildman–Crippen MR) is 280 cm³/mol. The fourth-order valence-electron chi connectivity index (χ4n) is 9.05. The van der Waals surface area contributed by atoms with E-state index in [1.54, 1.807) is 33.6 Å². The first-order chi connectivity index (χ1) is 32.7. The molecule has 0 saturated carbocycles. The SMILES string of the molecule is Cc1c(C2=NC(=O)C(C)(C)N2Cc2ccccc2)nn(-c2ccc(Cl)cc2Cl)c1-c1ccc(Cl)c(CC(C)CN2C(c3nn(-c4ccc(Cl)cc4Cl)c(-c4ccc(Cl)cc4)c3C)=NC(=O)C2(C)C)c1. The molecule has 1 atom stereocenters. The number of halogens is 6. The molecule has 0 radical (unpaired) electrons. The van der Waals surface area contributed by atoms with Crippen LogP contribution in [-0.4, -0.2) is 70.5 Å². The Hall–Kier alpha value is -5.46. The molecule has 0 bridgehead atoms. The third kappa shape index (κ3) is 9.01. The maximum atomic E-state index is 13.9. The fraction of sp³-hybridized carbons (Fsp3) is 0.245. The zero-order valence-electron chi connectivity index (χ0n) is 38.8. The average molecular weight is 1040 g/mol. The Kier molecular flexibility index (Phi) is 13.2. The van der Waals surface area contributed by atoms with Gasteiger partial charge in [-0.05, 0) is 126 Å². The summed E-state index contributed by atoms with van der Waals surface area (Å²) in [5, 5.41) is 13.2. The fourth-order valence-corrected chi connectivity index (χ4v) is 10.3. The van der Waals surface area contributed by atoms with Gasteiger partial charge in [0.2, 0.25) is 0 Å². The Morgan fingerprint density at radius 3 is 1.57 bits per heavy atom. The molecule has 2 amide bonds. The molecule has 2 aliphatic rings. The molecular weight excluding hydrogens is 993 g/mol. The van der Waals surface area contributed by atoms with E-state index in [2.05, 4.69) is 23.0 Å². The van der Waals surface area contributed by atoms with E-state index in [0.29, 0.717) is 84.1 Å². The van der Waals surface area contributed by atoms with Crippen LogP contribution < -0.4 is 0 Å². The number of aliphatic imine (C=N–C) groups is 2. The highest BCUT2D eigenvalue weighted by molar-refractivity contribution is 6.36. The molecule has 7 aromatic rings. The van der Waals surface area contributed by atoms with Gasteiger partial charge in [-0.3, -0.25) is 9.59 Å². The van der Waals surface area contributed by atoms with Gasteiger partial charge in [0.05, 0.1) is 32.8 Å². The largest absolute Gasteiger partial charge is 0.340 e. The van der Waals surface area contributed by atoms with Crippen molar-refractivity contribution in [2.24, 2.45) is 15.9 Å². The lowest BCUT2D eigenvalue weighted by Crippen LogP contribution is -2.49. The predicted octanol–water partition coefficient (Wildman–Crippen LogP) is 13.7. The van der Waals surface area contributed by atoms with Gasteiger partial charge in [-0.25, -0.2) is 9.36 Å². The molecule has 0 saturated heterocycles. The zero-order valence-corrected chi connectivity index (χ0v) is 43.3. The highest BCUT2D eigenvalue weighted by Gasteiger charge is 2.46. The summed E-state index contributed by atoms with van der Waals surface area (Å²) in [5.74, 6) is 0.325. The molecule has 4 heterocycles. The van der Waals surface area contributed by atoms with Crippen LogP contribution in [0.25, 0.3) is 33.9 Å². The number of aromatic nitrogens is 4. The first kappa shape index (κ1) is 48.6. The summed E-state index contributed by atoms with van der Waals surface area (Å²) < 4.78 is 3.56. The second-order valence-electron chi connectivity index (χ2n) is 18.6. The molecule has 1 unspecified atom stereocenters. The number of hydrogen-bond acceptors (Lipinski definition) is 6. The van der Waals surface area contributed by atoms with Crippen LogP contribution in [0.15, 0.2) is 119 Å². The minimum Gasteiger partial charge on any atom is -0.340 e. The minimum absolute atomic E-state index is 0.0585. The lowest BCUT2D eigenvalue weighted by atomic mass is 9.94. The number of carbonyl (C=O) groups is 2. The molecule has 10 nitrogen and oxygen atoms in total. The molecule has 352 valence electrons. The lowest BCUT2D eigenvalue weighted by molar-refractivity contribution is -0.124. The molecule has 0 aliphatic carbocycles. The van der Waals surface area contributed by atoms with E-state index in [9.17, 15) is 9.59 Å². The summed E-state index contributed by atoms with van der Waals surface area (Å²) in [6.07, 6.45) is 0.534. The first-order valence-corrected chi connectivity index (χ1v) is 24.5. The standard InChI is InChI=1S/C53H46Cl6N8O2/c1-29(27-64-48(60-50(68)52(64,4)5)44-30(2)46(33-13-16-36(54)17-14-33)66(62-44)42-21-18-37(55)25-40(42)58)23-35-24-34(15-20-39(35)57)47-31(3)45(63-67(47)43-22-19-38(56)26-41(43)59)49-61-51(69)53(6,7)65(49)28-32-11-9-8-10-12-32/h8-22,24-26,29H,23,27-28H2,1-7H3. The summed E-state index contributed by atoms with van der Waals surface area (Å²) in [6.45, 7) is 14.4. The molecule has 2 aliphatic heterocycles. The number of hydrogen-bond donors (Lipinski definition) is 0. The summed E-state index contributed by atoms with van der Waals surface area (Å²) in [6, 6.07) is 33.8. The van der Waals surface area contributed by atoms with Gasteiger partial charge in [0.15, 0.2) is 11.7 Å². The highest BCUT2D eigenvalue weighted by Crippen LogP contribution is 2.40. The van der Waals surface area contributed by atoms with Gasteiger partial charge in [-0.15, -0.1) is 0 Å². The summed E-state index contributed by atoms with van der Waals surface area (Å²) >= 11 is 39.9. The number of benzene rings is 5. The van der Waals surface area contributed by atoms with Crippen molar-refractivity contribution < 1.29 is 9.59 Å². The second-order valence-corrected chi connectivity index (χ2v) is 21.1. The second kappa shape index (κ2) is 18.7. The molecule has 16 heteroatoms. The smallest absolute Gasteiger partial charge is 0.273 e. The van der Waals surface area contributed by atoms with Gasteiger partial charge in [-0.1, -0.05) is 125 Å². The van der Waals surface area contributed by atoms with Crippen LogP contribution in [0.1, 0.15) is 68.3 Å². The van der Waals surface area contributed by atoms with Crippen LogP contribution in [0, 0.1) is 19.8 Å². The molecular formula is C53H46Cl6N8O2. The minimum atomic E-state index is -0.991. The molecule has 69 heavy (non-hydrogen) atoms. The third-order valence-corrected chi connectivity index (χ3v) is 14.6. The molecule has 5 aromatic carbocycles. The van der Waals surface area contributed by atoms with E-state index in [4.69, 9.17) is 79.8 Å². The number of nitrogens with zero attached hydrogens (tertiary/aromatic N) is 8. The van der Waals surface area contributed by atoms with Gasteiger partial charge >= 0.3 is 0 Å². The van der Waals surface area contributed by atoms with Crippen LogP contribution >= 0.6 is 69.6 Å². The first-order valence-electron chi connectivity index (χ1n) is 22.3. The van der Waals surface area contributed by atoms with Crippen molar-refractivity contribution in [2.45, 2.75) is 72.5 Å². The van der Waals surface area contributed by atoms with Crippen LogP contribution in [0.4, 0.5) is 0 Å². The Morgan fingerprint density at radius 1 is 0.551 bits per heavy atom. The van der Waals surface area contributed by atoms with Crippen LogP contribution in [0.3, 0.4) is 0 Å². The normalized spacial score (nSPS) is 15.8. The maximum absolute atomic E-state index is 13.9. The zero-order chi connectivity index (χ0) is 49.3. The molecule has 0 fully saturated rings. The van der Waals surface area contributed by atoms with Crippen LogP contribution in [-0.2, 0) is 22.6 Å². The van der Waals surface area contributed by atoms with Crippen molar-refractivity contribution in [1.82, 2.24) is 29.4 Å². The van der Waals surface area contributed by atoms with E-state index in [1.807, 2.05) is 130 Å². The van der Waals surface area contributed by atoms with Gasteiger partial charge in [0, 0.05) is 55.4 Å². The van der Waals surface area contributed by atoms with E-state index < -0.39 is 11.1 Å². The molecule has 0 N–H and O–H groups in total. The quantitative estimate of drug-likeness (QED) is 0.121. The van der Waals surface area contributed by atoms with Crippen molar-refractivity contribution in [3.05, 3.63) is 173 Å². The van der Waals surface area contributed by atoms with Crippen molar-refractivity contribution in [2.75, 3.05) is 6.54 Å². The van der Waals surface area contributed by atoms with E-state index >= 15 is 0 Å². The van der Waals surface area contributed by atoms with Crippen molar-refractivity contribution in [3.8, 4) is 33.9 Å². The van der Waals surface area contributed by atoms with E-state index in [0.717, 1.165) is 44.8 Å². The van der Waals surface area contributed by atoms with Gasteiger partial charge < -0.3 is 9.80 Å².